The molecule has 0 unspecified atom stereocenters. The van der Waals surface area contributed by atoms with Gasteiger partial charge in [-0.05, 0) is 124 Å². The number of aryl methyl sites for hydroxylation is 1. The van der Waals surface area contributed by atoms with Crippen LogP contribution < -0.4 is 4.90 Å². The number of fused-ring (bicyclic) bond motifs is 7. The van der Waals surface area contributed by atoms with Crippen molar-refractivity contribution in [1.29, 1.82) is 0 Å². The van der Waals surface area contributed by atoms with E-state index in [1.165, 1.54) is 74.9 Å². The zero-order valence-electron chi connectivity index (χ0n) is 32.4. The van der Waals surface area contributed by atoms with E-state index in [2.05, 4.69) is 189 Å². The predicted molar refractivity (Wildman–Crippen MR) is 239 cm³/mol. The van der Waals surface area contributed by atoms with Crippen molar-refractivity contribution in [3.8, 4) is 44.5 Å². The minimum absolute atomic E-state index is 0.146. The van der Waals surface area contributed by atoms with Crippen molar-refractivity contribution in [2.45, 2.75) is 44.9 Å². The molecule has 0 radical (unpaired) electrons. The van der Waals surface area contributed by atoms with Gasteiger partial charge in [-0.2, -0.15) is 0 Å². The van der Waals surface area contributed by atoms with Gasteiger partial charge in [-0.25, -0.2) is 0 Å². The third-order valence-electron chi connectivity index (χ3n) is 12.7. The molecule has 8 aromatic carbocycles. The van der Waals surface area contributed by atoms with Crippen molar-refractivity contribution in [3.05, 3.63) is 198 Å². The van der Waals surface area contributed by atoms with Crippen molar-refractivity contribution in [2.24, 2.45) is 0 Å². The third-order valence-corrected chi connectivity index (χ3v) is 12.7. The summed E-state index contributed by atoms with van der Waals surface area (Å²) < 4.78 is 6.46. The second-order valence-corrected chi connectivity index (χ2v) is 16.3. The fourth-order valence-corrected chi connectivity index (χ4v) is 9.80. The summed E-state index contributed by atoms with van der Waals surface area (Å²) in [7, 11) is 0. The van der Waals surface area contributed by atoms with Crippen LogP contribution in [0.15, 0.2) is 180 Å². The fraction of sp³-hybridized carbons (Fsp3) is 0.127. The van der Waals surface area contributed by atoms with Crippen molar-refractivity contribution >= 4 is 39.0 Å². The second kappa shape index (κ2) is 13.2. The molecular formula is C55H43NO. The highest BCUT2D eigenvalue weighted by Crippen LogP contribution is 2.53. The molecule has 11 rings (SSSR count). The van der Waals surface area contributed by atoms with Gasteiger partial charge in [-0.3, -0.25) is 0 Å². The van der Waals surface area contributed by atoms with Crippen molar-refractivity contribution in [1.82, 2.24) is 0 Å². The normalized spacial score (nSPS) is 14.0. The minimum Gasteiger partial charge on any atom is -0.455 e. The number of hydrogen-bond donors (Lipinski definition) is 0. The number of para-hydroxylation sites is 3. The molecule has 0 amide bonds. The summed E-state index contributed by atoms with van der Waals surface area (Å²) in [6, 6.07) is 64.8. The SMILES string of the molecule is CC1(C)c2ccccc2-c2cc(-c3ccc(-c4cccc5c4CCCC5)cc3)c(N(c3ccccc3)c3ccc(-c4cccc5c4oc4ccccc45)cc3)cc21. The molecule has 1 aromatic heterocycles. The van der Waals surface area contributed by atoms with E-state index in [9.17, 15) is 0 Å². The molecule has 0 saturated heterocycles. The highest BCUT2D eigenvalue weighted by atomic mass is 16.3. The first-order valence-electron chi connectivity index (χ1n) is 20.4. The van der Waals surface area contributed by atoms with Crippen LogP contribution in [0.5, 0.6) is 0 Å². The van der Waals surface area contributed by atoms with Crippen LogP contribution in [-0.2, 0) is 18.3 Å². The van der Waals surface area contributed by atoms with E-state index in [1.807, 2.05) is 6.07 Å². The number of anilines is 3. The van der Waals surface area contributed by atoms with Gasteiger partial charge in [-0.1, -0.05) is 147 Å². The van der Waals surface area contributed by atoms with Gasteiger partial charge in [-0.15, -0.1) is 0 Å². The Morgan fingerprint density at radius 2 is 1.07 bits per heavy atom. The molecule has 1 heterocycles. The van der Waals surface area contributed by atoms with Gasteiger partial charge in [0, 0.05) is 38.7 Å². The Kier molecular flexibility index (Phi) is 7.83. The van der Waals surface area contributed by atoms with Crippen LogP contribution in [0.2, 0.25) is 0 Å². The Morgan fingerprint density at radius 1 is 0.456 bits per heavy atom. The van der Waals surface area contributed by atoms with E-state index >= 15 is 0 Å². The fourth-order valence-electron chi connectivity index (χ4n) is 9.80. The maximum absolute atomic E-state index is 6.46. The lowest BCUT2D eigenvalue weighted by Gasteiger charge is -2.30. The minimum atomic E-state index is -0.146. The van der Waals surface area contributed by atoms with Gasteiger partial charge >= 0.3 is 0 Å². The molecule has 9 aromatic rings. The molecule has 274 valence electrons. The summed E-state index contributed by atoms with van der Waals surface area (Å²) in [6.07, 6.45) is 4.90. The number of nitrogens with zero attached hydrogens (tertiary/aromatic N) is 1. The monoisotopic (exact) mass is 733 g/mol. The Morgan fingerprint density at radius 3 is 1.91 bits per heavy atom. The predicted octanol–water partition coefficient (Wildman–Crippen LogP) is 15.2. The van der Waals surface area contributed by atoms with E-state index in [4.69, 9.17) is 4.42 Å². The zero-order chi connectivity index (χ0) is 38.1. The Hall–Kier alpha value is -6.64. The lowest BCUT2D eigenvalue weighted by atomic mass is 9.81. The quantitative estimate of drug-likeness (QED) is 0.169. The highest BCUT2D eigenvalue weighted by molar-refractivity contribution is 6.09. The van der Waals surface area contributed by atoms with Crippen LogP contribution >= 0.6 is 0 Å². The Labute approximate surface area is 334 Å². The van der Waals surface area contributed by atoms with Gasteiger partial charge < -0.3 is 9.32 Å². The van der Waals surface area contributed by atoms with Gasteiger partial charge in [0.1, 0.15) is 11.2 Å². The molecule has 0 saturated carbocycles. The number of furan rings is 1. The smallest absolute Gasteiger partial charge is 0.143 e. The van der Waals surface area contributed by atoms with Gasteiger partial charge in [0.25, 0.3) is 0 Å². The molecule has 2 nitrogen and oxygen atoms in total. The first-order valence-corrected chi connectivity index (χ1v) is 20.4. The molecule has 0 fully saturated rings. The lowest BCUT2D eigenvalue weighted by molar-refractivity contribution is 0.660. The molecule has 0 atom stereocenters. The van der Waals surface area contributed by atoms with Crippen LogP contribution in [0.25, 0.3) is 66.4 Å². The standard InChI is InChI=1S/C55H43NO/c1-55(2)50-24-10-8-19-45(50)49-34-48(39-28-26-37(27-29-39)43-21-12-15-36-14-6-7-18-42(36)43)52(35-51(49)55)56(40-16-4-3-5-17-40)41-32-30-38(31-33-41)44-22-13-23-47-46-20-9-11-25-53(46)57-54(44)47/h3-5,8-13,15-17,19-35H,6-7,14,18H2,1-2H3. The summed E-state index contributed by atoms with van der Waals surface area (Å²) >= 11 is 0. The largest absolute Gasteiger partial charge is 0.455 e. The van der Waals surface area contributed by atoms with E-state index < -0.39 is 0 Å². The van der Waals surface area contributed by atoms with E-state index in [0.29, 0.717) is 0 Å². The van der Waals surface area contributed by atoms with Crippen LogP contribution in [0.3, 0.4) is 0 Å². The average molecular weight is 734 g/mol. The number of benzene rings is 8. The first-order chi connectivity index (χ1) is 28.0. The van der Waals surface area contributed by atoms with Crippen LogP contribution in [0, 0.1) is 0 Å². The molecule has 2 aliphatic rings. The van der Waals surface area contributed by atoms with E-state index in [0.717, 1.165) is 56.5 Å². The zero-order valence-corrected chi connectivity index (χ0v) is 32.4. The Bertz CT molecular complexity index is 2970. The molecule has 2 aliphatic carbocycles. The molecule has 57 heavy (non-hydrogen) atoms. The summed E-state index contributed by atoms with van der Waals surface area (Å²) in [4.78, 5) is 2.45. The van der Waals surface area contributed by atoms with Crippen molar-refractivity contribution < 1.29 is 4.42 Å². The average Bonchev–Trinajstić information content (AvgIpc) is 3.76. The van der Waals surface area contributed by atoms with Crippen molar-refractivity contribution in [3.63, 3.8) is 0 Å². The van der Waals surface area contributed by atoms with Gasteiger partial charge in [0.05, 0.1) is 5.69 Å². The molecule has 0 spiro atoms. The Balaban J connectivity index is 1.08. The second-order valence-electron chi connectivity index (χ2n) is 16.3. The maximum atomic E-state index is 6.46. The molecule has 2 heteroatoms. The highest BCUT2D eigenvalue weighted by Gasteiger charge is 2.37. The molecule has 0 aliphatic heterocycles. The van der Waals surface area contributed by atoms with Crippen LogP contribution in [0.4, 0.5) is 17.1 Å². The first kappa shape index (κ1) is 33.7. The third kappa shape index (κ3) is 5.46. The molecular weight excluding hydrogens is 691 g/mol. The van der Waals surface area contributed by atoms with Crippen molar-refractivity contribution in [2.75, 3.05) is 4.90 Å². The maximum Gasteiger partial charge on any atom is 0.143 e. The number of rotatable bonds is 6. The molecule has 0 N–H and O–H groups in total. The topological polar surface area (TPSA) is 16.4 Å². The number of hydrogen-bond acceptors (Lipinski definition) is 2. The van der Waals surface area contributed by atoms with E-state index in [-0.39, 0.29) is 5.41 Å². The van der Waals surface area contributed by atoms with Crippen LogP contribution in [0.1, 0.15) is 48.9 Å². The lowest BCUT2D eigenvalue weighted by Crippen LogP contribution is -2.17. The summed E-state index contributed by atoms with van der Waals surface area (Å²) in [6.45, 7) is 4.74. The van der Waals surface area contributed by atoms with Gasteiger partial charge in [0.2, 0.25) is 0 Å². The van der Waals surface area contributed by atoms with E-state index in [1.54, 1.807) is 0 Å². The summed E-state index contributed by atoms with van der Waals surface area (Å²) in [5.74, 6) is 0. The summed E-state index contributed by atoms with van der Waals surface area (Å²) in [5.41, 5.74) is 20.8. The summed E-state index contributed by atoms with van der Waals surface area (Å²) in [5, 5.41) is 2.29. The van der Waals surface area contributed by atoms with Gasteiger partial charge in [0.15, 0.2) is 0 Å². The van der Waals surface area contributed by atoms with Crippen LogP contribution in [-0.4, -0.2) is 0 Å². The molecule has 0 bridgehead atoms.